The zero-order valence-corrected chi connectivity index (χ0v) is 19.2. The van der Waals surface area contributed by atoms with E-state index in [1.807, 2.05) is 23.2 Å². The number of aromatic nitrogens is 3. The number of fused-ring (bicyclic) bond motifs is 1. The third-order valence-corrected chi connectivity index (χ3v) is 6.62. The fraction of sp³-hybridized carbons (Fsp3) is 0.480. The maximum Gasteiger partial charge on any atom is 0.317 e. The second-order valence-corrected chi connectivity index (χ2v) is 8.81. The van der Waals surface area contributed by atoms with Crippen molar-refractivity contribution in [2.75, 3.05) is 39.3 Å². The lowest BCUT2D eigenvalue weighted by Crippen LogP contribution is -2.52. The molecular formula is C25H32N6O2. The molecule has 2 aliphatic heterocycles. The van der Waals surface area contributed by atoms with Gasteiger partial charge in [0.1, 0.15) is 11.3 Å². The molecule has 2 saturated heterocycles. The Morgan fingerprint density at radius 1 is 1.15 bits per heavy atom. The molecule has 0 radical (unpaired) electrons. The van der Waals surface area contributed by atoms with Crippen molar-refractivity contribution in [2.45, 2.75) is 38.8 Å². The lowest BCUT2D eigenvalue weighted by molar-refractivity contribution is 0.103. The lowest BCUT2D eigenvalue weighted by Gasteiger charge is -2.34. The summed E-state index contributed by atoms with van der Waals surface area (Å²) in [7, 11) is 0. The van der Waals surface area contributed by atoms with Crippen molar-refractivity contribution >= 4 is 17.2 Å². The predicted molar refractivity (Wildman–Crippen MR) is 127 cm³/mol. The van der Waals surface area contributed by atoms with Crippen LogP contribution in [0.5, 0.6) is 0 Å². The molecule has 0 spiro atoms. The smallest absolute Gasteiger partial charge is 0.317 e. The molecule has 0 saturated carbocycles. The molecule has 5 rings (SSSR count). The van der Waals surface area contributed by atoms with Gasteiger partial charge >= 0.3 is 6.03 Å². The number of ether oxygens (including phenoxy) is 1. The minimum atomic E-state index is 0.0117. The number of rotatable bonds is 6. The molecule has 4 heterocycles. The number of nitrogens with one attached hydrogen (secondary N) is 1. The van der Waals surface area contributed by atoms with E-state index in [0.29, 0.717) is 19.6 Å². The quantitative estimate of drug-likeness (QED) is 0.628. The number of pyridine rings is 1. The van der Waals surface area contributed by atoms with E-state index in [1.165, 1.54) is 5.56 Å². The lowest BCUT2D eigenvalue weighted by atomic mass is 10.1. The Hall–Kier alpha value is -2.97. The van der Waals surface area contributed by atoms with Crippen LogP contribution >= 0.6 is 0 Å². The highest BCUT2D eigenvalue weighted by Crippen LogP contribution is 2.22. The van der Waals surface area contributed by atoms with Crippen molar-refractivity contribution in [3.05, 3.63) is 54.0 Å². The molecule has 8 heteroatoms. The van der Waals surface area contributed by atoms with E-state index in [2.05, 4.69) is 51.0 Å². The minimum Gasteiger partial charge on any atom is -0.376 e. The number of carbonyl (C=O) groups is 1. The Balaban J connectivity index is 1.25. The molecule has 3 aromatic rings. The van der Waals surface area contributed by atoms with Crippen molar-refractivity contribution < 1.29 is 9.53 Å². The summed E-state index contributed by atoms with van der Waals surface area (Å²) >= 11 is 0. The largest absolute Gasteiger partial charge is 0.376 e. The molecule has 174 valence electrons. The summed E-state index contributed by atoms with van der Waals surface area (Å²) < 4.78 is 7.77. The first-order valence-electron chi connectivity index (χ1n) is 12.0. The van der Waals surface area contributed by atoms with Crippen LogP contribution in [0.3, 0.4) is 0 Å². The number of hydrogen-bond acceptors (Lipinski definition) is 5. The van der Waals surface area contributed by atoms with E-state index in [-0.39, 0.29) is 12.1 Å². The first-order valence-corrected chi connectivity index (χ1v) is 12.0. The molecule has 2 aliphatic rings. The molecule has 1 atom stereocenters. The molecular weight excluding hydrogens is 416 g/mol. The Kier molecular flexibility index (Phi) is 6.55. The summed E-state index contributed by atoms with van der Waals surface area (Å²) in [4.78, 5) is 26.3. The van der Waals surface area contributed by atoms with E-state index in [0.717, 1.165) is 68.2 Å². The van der Waals surface area contributed by atoms with Crippen LogP contribution in [-0.4, -0.2) is 75.8 Å². The normalized spacial score (nSPS) is 19.3. The zero-order chi connectivity index (χ0) is 22.6. The van der Waals surface area contributed by atoms with Crippen molar-refractivity contribution in [3.8, 4) is 5.69 Å². The Labute approximate surface area is 194 Å². The summed E-state index contributed by atoms with van der Waals surface area (Å²) in [5.41, 5.74) is 4.17. The SMILES string of the molecule is CCc1ccc(-n2c(CN3CCN(C(=O)NCC4CCCO4)CC3)nc3cccnc32)cc1. The monoisotopic (exact) mass is 448 g/mol. The van der Waals surface area contributed by atoms with Crippen LogP contribution in [0.4, 0.5) is 4.79 Å². The molecule has 2 fully saturated rings. The van der Waals surface area contributed by atoms with E-state index < -0.39 is 0 Å². The number of imidazole rings is 1. The fourth-order valence-electron chi connectivity index (χ4n) is 4.64. The highest BCUT2D eigenvalue weighted by atomic mass is 16.5. The van der Waals surface area contributed by atoms with Crippen LogP contribution in [0.1, 0.15) is 31.2 Å². The van der Waals surface area contributed by atoms with Gasteiger partial charge in [0.15, 0.2) is 5.65 Å². The highest BCUT2D eigenvalue weighted by molar-refractivity contribution is 5.74. The van der Waals surface area contributed by atoms with Crippen molar-refractivity contribution in [1.82, 2.24) is 29.7 Å². The summed E-state index contributed by atoms with van der Waals surface area (Å²) in [5.74, 6) is 0.976. The highest BCUT2D eigenvalue weighted by Gasteiger charge is 2.24. The van der Waals surface area contributed by atoms with Crippen LogP contribution in [0.15, 0.2) is 42.6 Å². The Morgan fingerprint density at radius 2 is 1.97 bits per heavy atom. The summed E-state index contributed by atoms with van der Waals surface area (Å²) in [6.45, 7) is 7.35. The van der Waals surface area contributed by atoms with Crippen LogP contribution in [0, 0.1) is 0 Å². The number of nitrogens with zero attached hydrogens (tertiary/aromatic N) is 5. The maximum absolute atomic E-state index is 12.5. The standard InChI is InChI=1S/C25H32N6O2/c1-2-19-7-9-20(10-8-19)31-23(28-22-6-3-11-26-24(22)31)18-29-12-14-30(15-13-29)25(32)27-17-21-5-4-16-33-21/h3,6-11,21H,2,4-5,12-18H2,1H3,(H,27,32). The summed E-state index contributed by atoms with van der Waals surface area (Å²) in [5, 5.41) is 3.04. The van der Waals surface area contributed by atoms with Gasteiger partial charge in [-0.05, 0) is 49.1 Å². The number of piperazine rings is 1. The summed E-state index contributed by atoms with van der Waals surface area (Å²) in [6.07, 6.45) is 5.12. The third-order valence-electron chi connectivity index (χ3n) is 6.62. The van der Waals surface area contributed by atoms with Crippen LogP contribution in [-0.2, 0) is 17.7 Å². The molecule has 1 N–H and O–H groups in total. The van der Waals surface area contributed by atoms with Gasteiger partial charge in [0.2, 0.25) is 0 Å². The maximum atomic E-state index is 12.5. The average molecular weight is 449 g/mol. The van der Waals surface area contributed by atoms with E-state index in [1.54, 1.807) is 0 Å². The van der Waals surface area contributed by atoms with Gasteiger partial charge in [0.05, 0.1) is 12.6 Å². The molecule has 0 bridgehead atoms. The van der Waals surface area contributed by atoms with Crippen LogP contribution in [0.25, 0.3) is 16.9 Å². The number of carbonyl (C=O) groups excluding carboxylic acids is 1. The average Bonchev–Trinajstić information content (AvgIpc) is 3.51. The second kappa shape index (κ2) is 9.89. The molecule has 33 heavy (non-hydrogen) atoms. The topological polar surface area (TPSA) is 75.5 Å². The zero-order valence-electron chi connectivity index (χ0n) is 19.2. The van der Waals surface area contributed by atoms with Crippen molar-refractivity contribution in [2.24, 2.45) is 0 Å². The van der Waals surface area contributed by atoms with E-state index in [9.17, 15) is 4.79 Å². The number of urea groups is 1. The number of amides is 2. The number of benzene rings is 1. The molecule has 1 unspecified atom stereocenters. The first kappa shape index (κ1) is 21.9. The van der Waals surface area contributed by atoms with Gasteiger partial charge in [-0.1, -0.05) is 19.1 Å². The molecule has 8 nitrogen and oxygen atoms in total. The molecule has 1 aromatic carbocycles. The summed E-state index contributed by atoms with van der Waals surface area (Å²) in [6, 6.07) is 12.6. The van der Waals surface area contributed by atoms with Gasteiger partial charge in [-0.2, -0.15) is 0 Å². The second-order valence-electron chi connectivity index (χ2n) is 8.81. The van der Waals surface area contributed by atoms with Crippen LogP contribution in [0.2, 0.25) is 0 Å². The fourth-order valence-corrected chi connectivity index (χ4v) is 4.64. The van der Waals surface area contributed by atoms with Crippen molar-refractivity contribution in [3.63, 3.8) is 0 Å². The minimum absolute atomic E-state index is 0.0117. The number of aryl methyl sites for hydroxylation is 1. The van der Waals surface area contributed by atoms with Gasteiger partial charge in [0.25, 0.3) is 0 Å². The molecule has 2 aromatic heterocycles. The predicted octanol–water partition coefficient (Wildman–Crippen LogP) is 2.99. The van der Waals surface area contributed by atoms with Gasteiger partial charge in [-0.15, -0.1) is 0 Å². The number of hydrogen-bond donors (Lipinski definition) is 1. The first-order chi connectivity index (χ1) is 16.2. The van der Waals surface area contributed by atoms with Gasteiger partial charge in [0, 0.05) is 51.2 Å². The van der Waals surface area contributed by atoms with Crippen molar-refractivity contribution in [1.29, 1.82) is 0 Å². The molecule has 2 amide bonds. The molecule has 0 aliphatic carbocycles. The Bertz CT molecular complexity index is 1080. The third kappa shape index (κ3) is 4.86. The van der Waals surface area contributed by atoms with E-state index in [4.69, 9.17) is 9.72 Å². The van der Waals surface area contributed by atoms with Gasteiger partial charge in [-0.25, -0.2) is 14.8 Å². The van der Waals surface area contributed by atoms with E-state index >= 15 is 0 Å². The van der Waals surface area contributed by atoms with Crippen LogP contribution < -0.4 is 5.32 Å². The Morgan fingerprint density at radius 3 is 2.70 bits per heavy atom. The van der Waals surface area contributed by atoms with Gasteiger partial charge < -0.3 is 15.0 Å². The van der Waals surface area contributed by atoms with Gasteiger partial charge in [-0.3, -0.25) is 9.47 Å².